The lowest BCUT2D eigenvalue weighted by atomic mass is 9.59. The number of benzene rings is 2. The van der Waals surface area contributed by atoms with Crippen molar-refractivity contribution in [3.05, 3.63) is 89.4 Å². The van der Waals surface area contributed by atoms with E-state index in [4.69, 9.17) is 0 Å². The number of carbonyl (C=O) groups is 4. The van der Waals surface area contributed by atoms with E-state index in [1.165, 1.54) is 11.0 Å². The molecule has 4 atom stereocenters. The van der Waals surface area contributed by atoms with Crippen molar-refractivity contribution in [2.75, 3.05) is 4.90 Å². The third kappa shape index (κ3) is 3.84. The maximum absolute atomic E-state index is 13.9. The van der Waals surface area contributed by atoms with Crippen LogP contribution in [0.1, 0.15) is 24.3 Å². The summed E-state index contributed by atoms with van der Waals surface area (Å²) >= 11 is 8.85. The molecule has 0 bridgehead atoms. The highest BCUT2D eigenvalue weighted by Gasteiger charge is 2.56. The van der Waals surface area contributed by atoms with Crippen molar-refractivity contribution in [1.82, 2.24) is 0 Å². The minimum atomic E-state index is -0.698. The van der Waals surface area contributed by atoms with E-state index in [9.17, 15) is 24.3 Å². The molecule has 3 aliphatic carbocycles. The van der Waals surface area contributed by atoms with Gasteiger partial charge in [0.05, 0.1) is 22.0 Å². The fraction of sp³-hybridized carbons (Fsp3) is 0.214. The average molecular weight is 735 g/mol. The van der Waals surface area contributed by atoms with Crippen LogP contribution in [-0.4, -0.2) is 28.5 Å². The summed E-state index contributed by atoms with van der Waals surface area (Å²) in [6, 6.07) is 12.2. The van der Waals surface area contributed by atoms with E-state index in [1.54, 1.807) is 30.3 Å². The highest BCUT2D eigenvalue weighted by atomic mass is 127. The van der Waals surface area contributed by atoms with Crippen molar-refractivity contribution < 1.29 is 24.3 Å². The predicted molar refractivity (Wildman–Crippen MR) is 152 cm³/mol. The van der Waals surface area contributed by atoms with Crippen LogP contribution in [0.2, 0.25) is 0 Å². The van der Waals surface area contributed by atoms with Gasteiger partial charge in [0.25, 0.3) is 0 Å². The molecule has 1 fully saturated rings. The Balaban J connectivity index is 1.50. The molecular weight excluding hydrogens is 717 g/mol. The highest BCUT2D eigenvalue weighted by Crippen LogP contribution is 2.56. The number of anilines is 1. The Hall–Kier alpha value is -2.37. The molecule has 0 saturated carbocycles. The van der Waals surface area contributed by atoms with Crippen molar-refractivity contribution in [1.29, 1.82) is 0 Å². The van der Waals surface area contributed by atoms with Crippen LogP contribution in [0.25, 0.3) is 0 Å². The number of Topliss-reactive ketones (excluding diaryl/α,β-unsaturated/α-hetero) is 1. The van der Waals surface area contributed by atoms with Crippen LogP contribution in [0.3, 0.4) is 0 Å². The van der Waals surface area contributed by atoms with Crippen molar-refractivity contribution in [2.45, 2.75) is 18.8 Å². The zero-order chi connectivity index (χ0) is 26.2. The third-order valence-electron chi connectivity index (χ3n) is 7.72. The lowest BCUT2D eigenvalue weighted by Crippen LogP contribution is -2.39. The number of carbonyl (C=O) groups excluding carboxylic acids is 4. The molecule has 1 heterocycles. The Morgan fingerprint density at radius 2 is 1.68 bits per heavy atom. The molecule has 1 aliphatic heterocycles. The number of fused-ring (bicyclic) bond motifs is 3. The number of rotatable bonds is 2. The summed E-state index contributed by atoms with van der Waals surface area (Å²) in [6.45, 7) is 0. The molecule has 9 heteroatoms. The van der Waals surface area contributed by atoms with Gasteiger partial charge in [-0.3, -0.25) is 24.1 Å². The van der Waals surface area contributed by atoms with Gasteiger partial charge in [-0.2, -0.15) is 0 Å². The Morgan fingerprint density at radius 1 is 0.946 bits per heavy atom. The molecule has 2 aromatic carbocycles. The van der Waals surface area contributed by atoms with Gasteiger partial charge in [-0.1, -0.05) is 27.6 Å². The number of halogens is 3. The van der Waals surface area contributed by atoms with Gasteiger partial charge >= 0.3 is 0 Å². The number of hydrogen-bond acceptors (Lipinski definition) is 5. The van der Waals surface area contributed by atoms with Crippen LogP contribution in [0.15, 0.2) is 80.3 Å². The van der Waals surface area contributed by atoms with E-state index in [0.29, 0.717) is 33.3 Å². The summed E-state index contributed by atoms with van der Waals surface area (Å²) in [7, 11) is 0. The minimum absolute atomic E-state index is 0.00747. The predicted octanol–water partition coefficient (Wildman–Crippen LogP) is 5.73. The topological polar surface area (TPSA) is 91.8 Å². The Kier molecular flexibility index (Phi) is 6.15. The second-order valence-electron chi connectivity index (χ2n) is 9.59. The number of aromatic hydroxyl groups is 1. The number of imide groups is 1. The maximum Gasteiger partial charge on any atom is 0.238 e. The third-order valence-corrected chi connectivity index (χ3v) is 9.52. The number of amides is 2. The summed E-state index contributed by atoms with van der Waals surface area (Å²) in [6.07, 6.45) is 3.74. The van der Waals surface area contributed by atoms with Gasteiger partial charge in [0.2, 0.25) is 11.8 Å². The number of nitrogens with zero attached hydrogens (tertiary/aromatic N) is 1. The highest BCUT2D eigenvalue weighted by molar-refractivity contribution is 14.1. The standard InChI is InChI=1S/C28H18Br2INO5/c29-12-1-8-21(33)18(9-12)23-15-6-7-16-24(17(15)10-19-25(23)22(34)11-20(30)26(19)35)28(37)32(27(16)36)14-4-2-13(31)3-5-14/h1-6,8-9,11,16-17,23-24,33H,7,10H2. The number of phenolic OH excluding ortho intramolecular Hbond substituents is 1. The van der Waals surface area contributed by atoms with Gasteiger partial charge in [0.15, 0.2) is 11.6 Å². The van der Waals surface area contributed by atoms with Crippen LogP contribution >= 0.6 is 54.5 Å². The monoisotopic (exact) mass is 733 g/mol. The van der Waals surface area contributed by atoms with Crippen molar-refractivity contribution >= 4 is 83.5 Å². The average Bonchev–Trinajstić information content (AvgIpc) is 3.13. The van der Waals surface area contributed by atoms with E-state index in [-0.39, 0.29) is 40.0 Å². The number of phenols is 1. The molecule has 37 heavy (non-hydrogen) atoms. The first-order valence-electron chi connectivity index (χ1n) is 11.7. The van der Waals surface area contributed by atoms with Gasteiger partial charge in [-0.05, 0) is 99.7 Å². The van der Waals surface area contributed by atoms with E-state index >= 15 is 0 Å². The van der Waals surface area contributed by atoms with Crippen molar-refractivity contribution in [2.24, 2.45) is 17.8 Å². The quantitative estimate of drug-likeness (QED) is 0.185. The maximum atomic E-state index is 13.9. The van der Waals surface area contributed by atoms with Crippen LogP contribution in [-0.2, 0) is 19.2 Å². The van der Waals surface area contributed by atoms with Crippen LogP contribution in [0.5, 0.6) is 5.75 Å². The molecule has 1 saturated heterocycles. The molecular formula is C28H18Br2INO5. The summed E-state index contributed by atoms with van der Waals surface area (Å²) in [5.41, 5.74) is 2.47. The largest absolute Gasteiger partial charge is 0.508 e. The minimum Gasteiger partial charge on any atom is -0.508 e. The van der Waals surface area contributed by atoms with E-state index < -0.39 is 23.7 Å². The Labute approximate surface area is 242 Å². The molecule has 6 nitrogen and oxygen atoms in total. The number of hydrogen-bond donors (Lipinski definition) is 1. The van der Waals surface area contributed by atoms with Gasteiger partial charge in [0.1, 0.15) is 5.75 Å². The Bertz CT molecular complexity index is 1520. The lowest BCUT2D eigenvalue weighted by Gasteiger charge is -2.42. The van der Waals surface area contributed by atoms with Crippen molar-refractivity contribution in [3.8, 4) is 5.75 Å². The fourth-order valence-electron chi connectivity index (χ4n) is 6.16. The van der Waals surface area contributed by atoms with Crippen LogP contribution < -0.4 is 4.90 Å². The van der Waals surface area contributed by atoms with Crippen LogP contribution in [0, 0.1) is 21.3 Å². The summed E-state index contributed by atoms with van der Waals surface area (Å²) in [5, 5.41) is 10.8. The summed E-state index contributed by atoms with van der Waals surface area (Å²) < 4.78 is 1.87. The first-order valence-corrected chi connectivity index (χ1v) is 14.3. The number of allylic oxidation sites excluding steroid dienone is 6. The van der Waals surface area contributed by atoms with E-state index in [2.05, 4.69) is 54.5 Å². The smallest absolute Gasteiger partial charge is 0.238 e. The second-order valence-corrected chi connectivity index (χ2v) is 12.6. The molecule has 2 aromatic rings. The molecule has 2 amide bonds. The molecule has 0 spiro atoms. The first-order chi connectivity index (χ1) is 17.7. The molecule has 0 radical (unpaired) electrons. The van der Waals surface area contributed by atoms with Crippen molar-refractivity contribution in [3.63, 3.8) is 0 Å². The normalized spacial score (nSPS) is 27.1. The lowest BCUT2D eigenvalue weighted by molar-refractivity contribution is -0.123. The SMILES string of the molecule is O=C1C=C(Br)C(=O)C2=C1C(c1cc(Br)ccc1O)C1=CCC3C(=O)N(c4ccc(I)cc4)C(=O)C3C1C2. The molecule has 0 aromatic heterocycles. The van der Waals surface area contributed by atoms with E-state index in [1.807, 2.05) is 18.2 Å². The second kappa shape index (κ2) is 9.13. The Morgan fingerprint density at radius 3 is 2.41 bits per heavy atom. The molecule has 6 rings (SSSR count). The molecule has 1 N–H and O–H groups in total. The summed E-state index contributed by atoms with van der Waals surface area (Å²) in [5.74, 6) is -3.53. The van der Waals surface area contributed by atoms with Gasteiger partial charge in [-0.25, -0.2) is 0 Å². The zero-order valence-electron chi connectivity index (χ0n) is 19.1. The first kappa shape index (κ1) is 24.9. The number of ketones is 2. The molecule has 186 valence electrons. The van der Waals surface area contributed by atoms with Crippen LogP contribution in [0.4, 0.5) is 5.69 Å². The zero-order valence-corrected chi connectivity index (χ0v) is 24.4. The fourth-order valence-corrected chi connectivity index (χ4v) is 7.35. The summed E-state index contributed by atoms with van der Waals surface area (Å²) in [4.78, 5) is 55.2. The molecule has 4 aliphatic rings. The molecule has 4 unspecified atom stereocenters. The van der Waals surface area contributed by atoms with E-state index in [0.717, 1.165) is 9.14 Å². The van der Waals surface area contributed by atoms with Gasteiger partial charge in [0, 0.05) is 36.7 Å². The van der Waals surface area contributed by atoms with Gasteiger partial charge in [-0.15, -0.1) is 0 Å². The van der Waals surface area contributed by atoms with Gasteiger partial charge < -0.3 is 5.11 Å².